The molecule has 0 saturated carbocycles. The second-order valence-electron chi connectivity index (χ2n) is 16.8. The maximum atomic E-state index is 6.30. The monoisotopic (exact) mass is 826 g/mol. The maximum Gasteiger partial charge on any atom is 0.160 e. The van der Waals surface area contributed by atoms with Crippen LogP contribution in [-0.2, 0) is 0 Å². The molecule has 0 aliphatic heterocycles. The molecule has 3 heteroatoms. The summed E-state index contributed by atoms with van der Waals surface area (Å²) in [5.41, 5.74) is 13.6. The van der Waals surface area contributed by atoms with E-state index < -0.39 is 0 Å². The minimum Gasteiger partial charge on any atom is -0.456 e. The second kappa shape index (κ2) is 15.0. The number of hydrogen-bond donors (Lipinski definition) is 0. The molecule has 0 N–H and O–H groups in total. The van der Waals surface area contributed by atoms with Crippen LogP contribution in [0.5, 0.6) is 0 Å². The van der Waals surface area contributed by atoms with Crippen molar-refractivity contribution in [3.8, 4) is 67.3 Å². The van der Waals surface area contributed by atoms with Gasteiger partial charge in [0.2, 0.25) is 0 Å². The second-order valence-corrected chi connectivity index (χ2v) is 16.8. The lowest BCUT2D eigenvalue weighted by Crippen LogP contribution is -1.97. The van der Waals surface area contributed by atoms with Gasteiger partial charge >= 0.3 is 0 Å². The molecule has 13 rings (SSSR count). The molecular weight excluding hydrogens is 789 g/mol. The number of rotatable bonds is 6. The molecule has 65 heavy (non-hydrogen) atoms. The van der Waals surface area contributed by atoms with Crippen molar-refractivity contribution in [2.75, 3.05) is 0 Å². The van der Waals surface area contributed by atoms with Gasteiger partial charge in [-0.05, 0) is 101 Å². The molecule has 0 aliphatic carbocycles. The van der Waals surface area contributed by atoms with Crippen molar-refractivity contribution >= 4 is 65.0 Å². The molecule has 0 amide bonds. The molecule has 0 unspecified atom stereocenters. The van der Waals surface area contributed by atoms with Crippen LogP contribution in [0, 0.1) is 0 Å². The number of fused-ring (bicyclic) bond motifs is 8. The van der Waals surface area contributed by atoms with Gasteiger partial charge in [0.05, 0.1) is 11.4 Å². The highest BCUT2D eigenvalue weighted by molar-refractivity contribution is 6.20. The highest BCUT2D eigenvalue weighted by atomic mass is 16.3. The fraction of sp³-hybridized carbons (Fsp3) is 0. The molecule has 0 bridgehead atoms. The van der Waals surface area contributed by atoms with Gasteiger partial charge in [-0.15, -0.1) is 0 Å². The van der Waals surface area contributed by atoms with Crippen LogP contribution in [-0.4, -0.2) is 9.97 Å². The largest absolute Gasteiger partial charge is 0.456 e. The maximum absolute atomic E-state index is 6.30. The molecule has 13 aromatic rings. The van der Waals surface area contributed by atoms with E-state index in [4.69, 9.17) is 14.4 Å². The summed E-state index contributed by atoms with van der Waals surface area (Å²) in [5, 5.41) is 12.0. The van der Waals surface area contributed by atoms with E-state index in [9.17, 15) is 0 Å². The zero-order valence-electron chi connectivity index (χ0n) is 35.2. The zero-order chi connectivity index (χ0) is 42.8. The zero-order valence-corrected chi connectivity index (χ0v) is 35.2. The molecule has 0 atom stereocenters. The molecule has 0 fully saturated rings. The van der Waals surface area contributed by atoms with Crippen LogP contribution in [0.15, 0.2) is 235 Å². The predicted octanol–water partition coefficient (Wildman–Crippen LogP) is 17.0. The minimum atomic E-state index is 0.679. The van der Waals surface area contributed by atoms with Gasteiger partial charge < -0.3 is 4.42 Å². The van der Waals surface area contributed by atoms with E-state index in [-0.39, 0.29) is 0 Å². The molecule has 302 valence electrons. The van der Waals surface area contributed by atoms with Crippen molar-refractivity contribution in [2.24, 2.45) is 0 Å². The van der Waals surface area contributed by atoms with E-state index in [0.29, 0.717) is 5.82 Å². The van der Waals surface area contributed by atoms with Gasteiger partial charge in [0, 0.05) is 27.5 Å². The summed E-state index contributed by atoms with van der Waals surface area (Å²) in [6.45, 7) is 0. The Hall–Kier alpha value is -8.66. The van der Waals surface area contributed by atoms with Crippen molar-refractivity contribution in [1.82, 2.24) is 9.97 Å². The fourth-order valence-corrected chi connectivity index (χ4v) is 10.0. The summed E-state index contributed by atoms with van der Waals surface area (Å²) < 4.78 is 6.30. The first kappa shape index (κ1) is 36.9. The predicted molar refractivity (Wildman–Crippen MR) is 272 cm³/mol. The molecule has 0 spiro atoms. The third-order valence-corrected chi connectivity index (χ3v) is 13.1. The Morgan fingerprint density at radius 2 is 0.846 bits per heavy atom. The first-order chi connectivity index (χ1) is 32.2. The van der Waals surface area contributed by atoms with Crippen molar-refractivity contribution in [3.05, 3.63) is 231 Å². The van der Waals surface area contributed by atoms with Crippen LogP contribution in [0.25, 0.3) is 132 Å². The lowest BCUT2D eigenvalue weighted by molar-refractivity contribution is 0.669. The Bertz CT molecular complexity index is 3980. The number of furan rings is 1. The van der Waals surface area contributed by atoms with E-state index in [1.807, 2.05) is 42.5 Å². The number of aromatic nitrogens is 2. The Balaban J connectivity index is 0.878. The number of benzene rings is 11. The minimum absolute atomic E-state index is 0.679. The molecule has 0 radical (unpaired) electrons. The SMILES string of the molecule is c1ccc(-c2nc(-c3ccc(-c4ccc(-c5ccc(-c6c7ccccc7cc7c6ccc6ccccc67)cc5)cc4)c4ccccc34)cc(-c3cccc4oc5ccccc5c34)n2)cc1. The molecule has 2 heterocycles. The van der Waals surface area contributed by atoms with Crippen molar-refractivity contribution in [1.29, 1.82) is 0 Å². The highest BCUT2D eigenvalue weighted by Gasteiger charge is 2.19. The van der Waals surface area contributed by atoms with Crippen LogP contribution in [0.4, 0.5) is 0 Å². The van der Waals surface area contributed by atoms with E-state index in [0.717, 1.165) is 61.0 Å². The first-order valence-corrected chi connectivity index (χ1v) is 22.1. The summed E-state index contributed by atoms with van der Waals surface area (Å²) in [5.74, 6) is 0.679. The first-order valence-electron chi connectivity index (χ1n) is 22.1. The van der Waals surface area contributed by atoms with Crippen LogP contribution >= 0.6 is 0 Å². The number of hydrogen-bond acceptors (Lipinski definition) is 3. The Kier molecular flexibility index (Phi) is 8.53. The highest BCUT2D eigenvalue weighted by Crippen LogP contribution is 2.42. The van der Waals surface area contributed by atoms with E-state index >= 15 is 0 Å². The number of nitrogens with zero attached hydrogens (tertiary/aromatic N) is 2. The summed E-state index contributed by atoms with van der Waals surface area (Å²) in [6, 6.07) is 82.4. The summed E-state index contributed by atoms with van der Waals surface area (Å²) in [6.07, 6.45) is 0. The summed E-state index contributed by atoms with van der Waals surface area (Å²) in [7, 11) is 0. The van der Waals surface area contributed by atoms with Gasteiger partial charge in [-0.2, -0.15) is 0 Å². The van der Waals surface area contributed by atoms with Crippen LogP contribution in [0.1, 0.15) is 0 Å². The lowest BCUT2D eigenvalue weighted by atomic mass is 9.89. The normalized spacial score (nSPS) is 11.7. The number of para-hydroxylation sites is 1. The molecule has 11 aromatic carbocycles. The van der Waals surface area contributed by atoms with Gasteiger partial charge in [0.15, 0.2) is 5.82 Å². The summed E-state index contributed by atoms with van der Waals surface area (Å²) >= 11 is 0. The standard InChI is InChI=1S/C62H38N2O/c1-2-14-44(15-3-1)62-63-56(38-57(64-62)53-22-12-24-59-61(53)54-21-10-11-23-58(54)65-59)51-36-35-47(49-19-8-9-20-50(49)51)42-29-25-39(26-30-42)40-27-31-43(32-28-40)60-48-18-7-5-16-45(48)37-55-46-17-6-4-13-41(46)33-34-52(55)60/h1-38H. The Morgan fingerprint density at radius 3 is 1.62 bits per heavy atom. The average Bonchev–Trinajstić information content (AvgIpc) is 3.77. The molecule has 0 aliphatic rings. The topological polar surface area (TPSA) is 38.9 Å². The molecular formula is C62H38N2O. The van der Waals surface area contributed by atoms with Gasteiger partial charge in [-0.25, -0.2) is 9.97 Å². The van der Waals surface area contributed by atoms with Crippen LogP contribution in [0.3, 0.4) is 0 Å². The van der Waals surface area contributed by atoms with Crippen LogP contribution in [0.2, 0.25) is 0 Å². The Labute approximate surface area is 375 Å². The van der Waals surface area contributed by atoms with Crippen molar-refractivity contribution < 1.29 is 4.42 Å². The fourth-order valence-electron chi connectivity index (χ4n) is 10.0. The average molecular weight is 827 g/mol. The van der Waals surface area contributed by atoms with Crippen molar-refractivity contribution in [2.45, 2.75) is 0 Å². The molecule has 0 saturated heterocycles. The summed E-state index contributed by atoms with van der Waals surface area (Å²) in [4.78, 5) is 10.5. The van der Waals surface area contributed by atoms with Crippen molar-refractivity contribution in [3.63, 3.8) is 0 Å². The van der Waals surface area contributed by atoms with Gasteiger partial charge in [-0.1, -0.05) is 206 Å². The molecule has 2 aromatic heterocycles. The lowest BCUT2D eigenvalue weighted by Gasteiger charge is -2.15. The third kappa shape index (κ3) is 6.20. The quantitative estimate of drug-likeness (QED) is 0.124. The van der Waals surface area contributed by atoms with Crippen LogP contribution < -0.4 is 0 Å². The van der Waals surface area contributed by atoms with E-state index in [1.54, 1.807) is 0 Å². The van der Waals surface area contributed by atoms with E-state index in [1.165, 1.54) is 65.5 Å². The molecule has 3 nitrogen and oxygen atoms in total. The van der Waals surface area contributed by atoms with Gasteiger partial charge in [0.25, 0.3) is 0 Å². The smallest absolute Gasteiger partial charge is 0.160 e. The Morgan fingerprint density at radius 1 is 0.277 bits per heavy atom. The van der Waals surface area contributed by atoms with Gasteiger partial charge in [0.1, 0.15) is 11.2 Å². The van der Waals surface area contributed by atoms with Gasteiger partial charge in [-0.3, -0.25) is 0 Å². The van der Waals surface area contributed by atoms with E-state index in [2.05, 4.69) is 188 Å². The third-order valence-electron chi connectivity index (χ3n) is 13.1.